The second-order valence-corrected chi connectivity index (χ2v) is 9.81. The molecule has 0 saturated heterocycles. The minimum absolute atomic E-state index is 0.0582. The summed E-state index contributed by atoms with van der Waals surface area (Å²) in [6.45, 7) is 11.3. The average Bonchev–Trinajstić information content (AvgIpc) is 3.35. The second kappa shape index (κ2) is 7.72. The van der Waals surface area contributed by atoms with E-state index in [2.05, 4.69) is 53.5 Å². The maximum absolute atomic E-state index is 13.3. The van der Waals surface area contributed by atoms with Crippen LogP contribution < -0.4 is 16.2 Å². The van der Waals surface area contributed by atoms with Gasteiger partial charge in [0, 0.05) is 47.5 Å². The van der Waals surface area contributed by atoms with Gasteiger partial charge in [0.25, 0.3) is 5.56 Å². The molecule has 0 aliphatic carbocycles. The Hall–Kier alpha value is -3.68. The van der Waals surface area contributed by atoms with Gasteiger partial charge in [-0.3, -0.25) is 9.78 Å². The van der Waals surface area contributed by atoms with Gasteiger partial charge in [-0.1, -0.05) is 26.8 Å². The molecule has 0 amide bonds. The van der Waals surface area contributed by atoms with E-state index in [0.717, 1.165) is 35.7 Å². The average molecular weight is 444 g/mol. The summed E-state index contributed by atoms with van der Waals surface area (Å²) in [5, 5.41) is 7.18. The Bertz CT molecular complexity index is 1410. The molecular weight excluding hydrogens is 414 g/mol. The summed E-state index contributed by atoms with van der Waals surface area (Å²) in [6, 6.07) is 10.1. The highest BCUT2D eigenvalue weighted by Crippen LogP contribution is 2.28. The molecule has 8 heteroatoms. The monoisotopic (exact) mass is 443 g/mol. The molecule has 0 bridgehead atoms. The van der Waals surface area contributed by atoms with Crippen LogP contribution in [0.5, 0.6) is 0 Å². The number of rotatable bonds is 4. The van der Waals surface area contributed by atoms with Gasteiger partial charge in [0.2, 0.25) is 5.95 Å². The minimum atomic E-state index is -0.120. The predicted octanol–water partition coefficient (Wildman–Crippen LogP) is 4.57. The van der Waals surface area contributed by atoms with Gasteiger partial charge in [-0.25, -0.2) is 14.3 Å². The number of benzene rings is 1. The van der Waals surface area contributed by atoms with E-state index in [1.807, 2.05) is 36.7 Å². The molecule has 170 valence electrons. The van der Waals surface area contributed by atoms with Crippen molar-refractivity contribution in [2.75, 3.05) is 17.2 Å². The number of hydrogen-bond acceptors (Lipinski definition) is 6. The fourth-order valence-corrected chi connectivity index (χ4v) is 4.23. The van der Waals surface area contributed by atoms with Crippen molar-refractivity contribution in [1.82, 2.24) is 24.3 Å². The van der Waals surface area contributed by atoms with Crippen molar-refractivity contribution in [3.63, 3.8) is 0 Å². The molecule has 1 aliphatic rings. The summed E-state index contributed by atoms with van der Waals surface area (Å²) in [5.74, 6) is 0.445. The quantitative estimate of drug-likeness (QED) is 0.480. The highest BCUT2D eigenvalue weighted by molar-refractivity contribution is 5.77. The van der Waals surface area contributed by atoms with E-state index < -0.39 is 0 Å². The SMILES string of the molecule is CC(C)n1c(=O)c2cnc(Nc3ccc4c(c3)NCC4)nc2n1-c1ccnc(C(C)(C)C)c1. The first-order valence-corrected chi connectivity index (χ1v) is 11.3. The molecule has 0 radical (unpaired) electrons. The molecule has 0 unspecified atom stereocenters. The van der Waals surface area contributed by atoms with Gasteiger partial charge >= 0.3 is 0 Å². The number of aromatic nitrogens is 5. The topological polar surface area (TPSA) is 89.7 Å². The minimum Gasteiger partial charge on any atom is -0.384 e. The lowest BCUT2D eigenvalue weighted by Crippen LogP contribution is -2.24. The van der Waals surface area contributed by atoms with E-state index in [0.29, 0.717) is 17.0 Å². The van der Waals surface area contributed by atoms with Crippen LogP contribution in [0.25, 0.3) is 16.7 Å². The molecule has 0 atom stereocenters. The van der Waals surface area contributed by atoms with Crippen molar-refractivity contribution >= 4 is 28.4 Å². The van der Waals surface area contributed by atoms with Crippen molar-refractivity contribution in [3.05, 3.63) is 64.3 Å². The Morgan fingerprint density at radius 1 is 1.12 bits per heavy atom. The lowest BCUT2D eigenvalue weighted by Gasteiger charge is -2.20. The summed E-state index contributed by atoms with van der Waals surface area (Å²) in [7, 11) is 0. The summed E-state index contributed by atoms with van der Waals surface area (Å²) in [4.78, 5) is 27.0. The molecular formula is C25H29N7O. The highest BCUT2D eigenvalue weighted by atomic mass is 16.1. The fourth-order valence-electron chi connectivity index (χ4n) is 4.23. The van der Waals surface area contributed by atoms with Crippen molar-refractivity contribution in [2.24, 2.45) is 0 Å². The Morgan fingerprint density at radius 2 is 1.94 bits per heavy atom. The van der Waals surface area contributed by atoms with Crippen LogP contribution in [-0.4, -0.2) is 30.9 Å². The van der Waals surface area contributed by atoms with Gasteiger partial charge < -0.3 is 10.6 Å². The van der Waals surface area contributed by atoms with Gasteiger partial charge in [-0.2, -0.15) is 4.98 Å². The first-order valence-electron chi connectivity index (χ1n) is 11.3. The van der Waals surface area contributed by atoms with E-state index in [1.54, 1.807) is 17.1 Å². The van der Waals surface area contributed by atoms with Crippen LogP contribution in [0, 0.1) is 0 Å². The lowest BCUT2D eigenvalue weighted by molar-refractivity contribution is 0.474. The molecule has 5 rings (SSSR count). The zero-order chi connectivity index (χ0) is 23.3. The van der Waals surface area contributed by atoms with Gasteiger partial charge in [-0.05, 0) is 50.1 Å². The predicted molar refractivity (Wildman–Crippen MR) is 132 cm³/mol. The molecule has 2 N–H and O–H groups in total. The summed E-state index contributed by atoms with van der Waals surface area (Å²) in [6.07, 6.45) is 4.43. The van der Waals surface area contributed by atoms with E-state index in [9.17, 15) is 4.79 Å². The van der Waals surface area contributed by atoms with Gasteiger partial charge in [0.15, 0.2) is 5.65 Å². The van der Waals surface area contributed by atoms with Gasteiger partial charge in [-0.15, -0.1) is 0 Å². The third kappa shape index (κ3) is 3.75. The maximum atomic E-state index is 13.3. The molecule has 0 fully saturated rings. The van der Waals surface area contributed by atoms with Crippen molar-refractivity contribution in [1.29, 1.82) is 0 Å². The Kier molecular flexibility index (Phi) is 4.96. The number of fused-ring (bicyclic) bond motifs is 2. The third-order valence-corrected chi connectivity index (χ3v) is 5.94. The fraction of sp³-hybridized carbons (Fsp3) is 0.360. The van der Waals surface area contributed by atoms with Crippen molar-refractivity contribution < 1.29 is 0 Å². The summed E-state index contributed by atoms with van der Waals surface area (Å²) in [5.41, 5.74) is 5.48. The Morgan fingerprint density at radius 3 is 2.70 bits per heavy atom. The standard InChI is InChI=1S/C25H29N7O/c1-15(2)31-23(33)19-14-28-24(29-17-7-6-16-8-10-26-20(16)12-17)30-22(19)32(31)18-9-11-27-21(13-18)25(3,4)5/h6-7,9,11-15,26H,8,10H2,1-5H3,(H,28,29,30). The number of pyridine rings is 1. The van der Waals surface area contributed by atoms with Gasteiger partial charge in [0.1, 0.15) is 5.39 Å². The Labute approximate surface area is 192 Å². The number of anilines is 3. The number of hydrogen-bond donors (Lipinski definition) is 2. The smallest absolute Gasteiger partial charge is 0.278 e. The van der Waals surface area contributed by atoms with E-state index in [-0.39, 0.29) is 17.0 Å². The first kappa shape index (κ1) is 21.2. The van der Waals surface area contributed by atoms with Crippen molar-refractivity contribution in [3.8, 4) is 5.69 Å². The zero-order valence-corrected chi connectivity index (χ0v) is 19.7. The van der Waals surface area contributed by atoms with Crippen LogP contribution in [0.2, 0.25) is 0 Å². The summed E-state index contributed by atoms with van der Waals surface area (Å²) >= 11 is 0. The lowest BCUT2D eigenvalue weighted by atomic mass is 9.91. The highest BCUT2D eigenvalue weighted by Gasteiger charge is 2.22. The van der Waals surface area contributed by atoms with Crippen LogP contribution >= 0.6 is 0 Å². The van der Waals surface area contributed by atoms with Crippen LogP contribution in [0.3, 0.4) is 0 Å². The zero-order valence-electron chi connectivity index (χ0n) is 19.7. The molecule has 0 saturated carbocycles. The normalized spacial score (nSPS) is 13.4. The second-order valence-electron chi connectivity index (χ2n) is 9.81. The molecule has 3 aromatic heterocycles. The molecule has 33 heavy (non-hydrogen) atoms. The molecule has 8 nitrogen and oxygen atoms in total. The molecule has 1 aliphatic heterocycles. The van der Waals surface area contributed by atoms with Crippen LogP contribution in [-0.2, 0) is 11.8 Å². The summed E-state index contributed by atoms with van der Waals surface area (Å²) < 4.78 is 3.61. The van der Waals surface area contributed by atoms with E-state index in [4.69, 9.17) is 4.98 Å². The van der Waals surface area contributed by atoms with E-state index >= 15 is 0 Å². The molecule has 1 aromatic carbocycles. The van der Waals surface area contributed by atoms with Crippen LogP contribution in [0.15, 0.2) is 47.5 Å². The third-order valence-electron chi connectivity index (χ3n) is 5.94. The van der Waals surface area contributed by atoms with Crippen LogP contribution in [0.4, 0.5) is 17.3 Å². The molecule has 0 spiro atoms. The largest absolute Gasteiger partial charge is 0.384 e. The van der Waals surface area contributed by atoms with Crippen molar-refractivity contribution in [2.45, 2.75) is 52.5 Å². The number of nitrogens with zero attached hydrogens (tertiary/aromatic N) is 5. The van der Waals surface area contributed by atoms with E-state index in [1.165, 1.54) is 5.56 Å². The first-order chi connectivity index (χ1) is 15.7. The maximum Gasteiger partial charge on any atom is 0.278 e. The molecule has 4 aromatic rings. The van der Waals surface area contributed by atoms with Crippen LogP contribution in [0.1, 0.15) is 51.9 Å². The number of nitrogens with one attached hydrogen (secondary N) is 2. The Balaban J connectivity index is 1.65. The molecule has 4 heterocycles. The van der Waals surface area contributed by atoms with Gasteiger partial charge in [0.05, 0.1) is 5.69 Å².